The first-order valence-electron chi connectivity index (χ1n) is 11.8. The maximum absolute atomic E-state index is 12.8. The second-order valence-corrected chi connectivity index (χ2v) is 11.9. The zero-order chi connectivity index (χ0) is 25.0. The van der Waals surface area contributed by atoms with E-state index in [0.717, 1.165) is 22.6 Å². The Kier molecular flexibility index (Phi) is 7.91. The molecule has 1 fully saturated rings. The topological polar surface area (TPSA) is 106 Å². The van der Waals surface area contributed by atoms with Crippen molar-refractivity contribution < 1.29 is 22.7 Å². The third-order valence-corrected chi connectivity index (χ3v) is 9.01. The van der Waals surface area contributed by atoms with Crippen LogP contribution in [0.15, 0.2) is 41.4 Å². The lowest BCUT2D eigenvalue weighted by Gasteiger charge is -2.13. The van der Waals surface area contributed by atoms with Crippen molar-refractivity contribution in [3.8, 4) is 11.5 Å². The summed E-state index contributed by atoms with van der Waals surface area (Å²) in [6, 6.07) is 11.1. The summed E-state index contributed by atoms with van der Waals surface area (Å²) in [6.07, 6.45) is 0.661. The fraction of sp³-hybridized carbons (Fsp3) is 0.440. The van der Waals surface area contributed by atoms with Gasteiger partial charge in [0.1, 0.15) is 0 Å². The predicted molar refractivity (Wildman–Crippen MR) is 141 cm³/mol. The highest BCUT2D eigenvalue weighted by Crippen LogP contribution is 2.35. The number of nitrogens with one attached hydrogen (secondary N) is 2. The van der Waals surface area contributed by atoms with Gasteiger partial charge in [0, 0.05) is 23.0 Å². The average molecular weight is 518 g/mol. The minimum atomic E-state index is -2.99. The number of nitrogens with zero attached hydrogens (tertiary/aromatic N) is 1. The van der Waals surface area contributed by atoms with Crippen LogP contribution >= 0.6 is 11.8 Å². The molecule has 2 atom stereocenters. The molecule has 10 heteroatoms. The van der Waals surface area contributed by atoms with Crippen LogP contribution in [0.2, 0.25) is 0 Å². The van der Waals surface area contributed by atoms with E-state index in [1.54, 1.807) is 6.07 Å². The molecule has 0 radical (unpaired) electrons. The number of anilines is 1. The Balaban J connectivity index is 1.35. The number of carbonyl (C=O) groups is 1. The molecule has 188 valence electrons. The minimum Gasteiger partial charge on any atom is -0.490 e. The quantitative estimate of drug-likeness (QED) is 0.525. The number of rotatable bonds is 9. The lowest BCUT2D eigenvalue weighted by molar-refractivity contribution is 0.0954. The van der Waals surface area contributed by atoms with E-state index in [9.17, 15) is 13.2 Å². The molecular weight excluding hydrogens is 486 g/mol. The Morgan fingerprint density at radius 2 is 1.86 bits per heavy atom. The van der Waals surface area contributed by atoms with Gasteiger partial charge in [0.25, 0.3) is 5.91 Å². The van der Waals surface area contributed by atoms with Gasteiger partial charge in [-0.25, -0.2) is 8.42 Å². The monoisotopic (exact) mass is 517 g/mol. The van der Waals surface area contributed by atoms with Gasteiger partial charge < -0.3 is 20.1 Å². The van der Waals surface area contributed by atoms with E-state index in [2.05, 4.69) is 15.6 Å². The lowest BCUT2D eigenvalue weighted by atomic mass is 10.1. The highest BCUT2D eigenvalue weighted by Gasteiger charge is 2.42. The Morgan fingerprint density at radius 1 is 1.09 bits per heavy atom. The number of amidine groups is 1. The Labute approximate surface area is 210 Å². The maximum Gasteiger partial charge on any atom is 0.251 e. The molecule has 1 saturated heterocycles. The van der Waals surface area contributed by atoms with Crippen molar-refractivity contribution in [2.45, 2.75) is 38.5 Å². The van der Waals surface area contributed by atoms with Crippen LogP contribution < -0.4 is 20.1 Å². The van der Waals surface area contributed by atoms with Gasteiger partial charge in [-0.3, -0.25) is 9.79 Å². The first kappa shape index (κ1) is 25.4. The lowest BCUT2D eigenvalue weighted by Crippen LogP contribution is -2.26. The molecule has 0 bridgehead atoms. The molecule has 2 aromatic rings. The van der Waals surface area contributed by atoms with Crippen LogP contribution in [-0.2, 0) is 16.3 Å². The number of amides is 1. The molecule has 4 rings (SSSR count). The van der Waals surface area contributed by atoms with Crippen molar-refractivity contribution >= 4 is 38.4 Å². The Morgan fingerprint density at radius 3 is 2.60 bits per heavy atom. The molecule has 2 heterocycles. The summed E-state index contributed by atoms with van der Waals surface area (Å²) in [7, 11) is -2.99. The number of benzene rings is 2. The number of aryl methyl sites for hydroxylation is 1. The number of thioether (sulfide) groups is 1. The van der Waals surface area contributed by atoms with Crippen LogP contribution in [-0.4, -0.2) is 62.0 Å². The maximum atomic E-state index is 12.8. The van der Waals surface area contributed by atoms with Gasteiger partial charge in [-0.15, -0.1) is 0 Å². The summed E-state index contributed by atoms with van der Waals surface area (Å²) in [5, 5.41) is 6.95. The molecule has 0 unspecified atom stereocenters. The van der Waals surface area contributed by atoms with Crippen LogP contribution in [0.1, 0.15) is 35.3 Å². The van der Waals surface area contributed by atoms with E-state index in [1.165, 1.54) is 11.8 Å². The van der Waals surface area contributed by atoms with E-state index >= 15 is 0 Å². The van der Waals surface area contributed by atoms with E-state index < -0.39 is 9.84 Å². The average Bonchev–Trinajstić information content (AvgIpc) is 3.29. The SMILES string of the molecule is CCOc1ccc(CCNC(=O)c2ccc(C)c(NC3=N[C@@H]4CS(=O)(=O)C[C@H]4S3)c2)cc1OCC. The third kappa shape index (κ3) is 6.29. The highest BCUT2D eigenvalue weighted by molar-refractivity contribution is 8.15. The van der Waals surface area contributed by atoms with E-state index in [0.29, 0.717) is 42.7 Å². The smallest absolute Gasteiger partial charge is 0.251 e. The van der Waals surface area contributed by atoms with Crippen LogP contribution in [0.5, 0.6) is 11.5 Å². The van der Waals surface area contributed by atoms with Crippen molar-refractivity contribution in [1.29, 1.82) is 0 Å². The molecule has 8 nitrogen and oxygen atoms in total. The summed E-state index contributed by atoms with van der Waals surface area (Å²) >= 11 is 1.46. The zero-order valence-electron chi connectivity index (χ0n) is 20.2. The van der Waals surface area contributed by atoms with E-state index in [4.69, 9.17) is 9.47 Å². The van der Waals surface area contributed by atoms with E-state index in [-0.39, 0.29) is 28.7 Å². The summed E-state index contributed by atoms with van der Waals surface area (Å²) in [5.74, 6) is 1.54. The second kappa shape index (κ2) is 10.9. The largest absolute Gasteiger partial charge is 0.490 e. The second-order valence-electron chi connectivity index (χ2n) is 8.54. The molecule has 1 amide bonds. The first-order chi connectivity index (χ1) is 16.8. The molecule has 0 saturated carbocycles. The molecule has 0 aliphatic carbocycles. The van der Waals surface area contributed by atoms with Crippen molar-refractivity contribution in [2.24, 2.45) is 4.99 Å². The molecule has 35 heavy (non-hydrogen) atoms. The fourth-order valence-corrected chi connectivity index (χ4v) is 7.77. The fourth-order valence-electron chi connectivity index (χ4n) is 4.10. The number of aliphatic imine (C=N–C) groups is 1. The van der Waals surface area contributed by atoms with Crippen LogP contribution in [0.25, 0.3) is 0 Å². The third-order valence-electron chi connectivity index (χ3n) is 5.87. The number of carbonyl (C=O) groups excluding carboxylic acids is 1. The van der Waals surface area contributed by atoms with E-state index in [1.807, 2.05) is 51.1 Å². The summed E-state index contributed by atoms with van der Waals surface area (Å²) < 4.78 is 34.9. The number of hydrogen-bond acceptors (Lipinski definition) is 8. The summed E-state index contributed by atoms with van der Waals surface area (Å²) in [5.41, 5.74) is 3.37. The van der Waals surface area contributed by atoms with Gasteiger partial charge in [-0.1, -0.05) is 23.9 Å². The van der Waals surface area contributed by atoms with Gasteiger partial charge in [0.15, 0.2) is 26.5 Å². The standard InChI is InChI=1S/C25H31N3O5S2/c1-4-32-21-9-7-17(12-22(21)33-5-2)10-11-26-24(29)18-8-6-16(3)19(13-18)27-25-28-20-14-35(30,31)15-23(20)34-25/h6-9,12-13,20,23H,4-5,10-11,14-15H2,1-3H3,(H,26,29)(H,27,28)/t20-,23-/m1/s1. The van der Waals surface area contributed by atoms with Gasteiger partial charge >= 0.3 is 0 Å². The Bertz CT molecular complexity index is 1230. The van der Waals surface area contributed by atoms with Crippen molar-refractivity contribution in [1.82, 2.24) is 5.32 Å². The number of fused-ring (bicyclic) bond motifs is 1. The Hall–Kier alpha value is -2.72. The summed E-state index contributed by atoms with van der Waals surface area (Å²) in [4.78, 5) is 17.3. The summed E-state index contributed by atoms with van der Waals surface area (Å²) in [6.45, 7) is 7.42. The highest BCUT2D eigenvalue weighted by atomic mass is 32.2. The normalized spacial score (nSPS) is 20.1. The zero-order valence-corrected chi connectivity index (χ0v) is 21.8. The van der Waals surface area contributed by atoms with Gasteiger partial charge in [-0.2, -0.15) is 0 Å². The van der Waals surface area contributed by atoms with Crippen LogP contribution in [0, 0.1) is 6.92 Å². The van der Waals surface area contributed by atoms with Crippen molar-refractivity contribution in [2.75, 3.05) is 36.6 Å². The number of hydrogen-bond donors (Lipinski definition) is 2. The van der Waals surface area contributed by atoms with Crippen molar-refractivity contribution in [3.63, 3.8) is 0 Å². The number of ether oxygens (including phenoxy) is 2. The minimum absolute atomic E-state index is 0.0277. The molecule has 2 aromatic carbocycles. The van der Waals surface area contributed by atoms with Crippen LogP contribution in [0.4, 0.5) is 5.69 Å². The molecule has 2 aliphatic heterocycles. The molecule has 2 aliphatic rings. The van der Waals surface area contributed by atoms with Gasteiger partial charge in [0.05, 0.1) is 30.8 Å². The van der Waals surface area contributed by atoms with Gasteiger partial charge in [0.2, 0.25) is 0 Å². The molecule has 2 N–H and O–H groups in total. The predicted octanol–water partition coefficient (Wildman–Crippen LogP) is 3.45. The van der Waals surface area contributed by atoms with Crippen molar-refractivity contribution in [3.05, 3.63) is 53.1 Å². The number of sulfone groups is 1. The molecule has 0 aromatic heterocycles. The first-order valence-corrected chi connectivity index (χ1v) is 14.5. The molecular formula is C25H31N3O5S2. The van der Waals surface area contributed by atoms with Gasteiger partial charge in [-0.05, 0) is 62.6 Å². The van der Waals surface area contributed by atoms with Crippen LogP contribution in [0.3, 0.4) is 0 Å². The molecule has 0 spiro atoms.